The lowest BCUT2D eigenvalue weighted by Gasteiger charge is -2.24. The van der Waals surface area contributed by atoms with Crippen molar-refractivity contribution in [3.63, 3.8) is 0 Å². The number of hydrogen-bond acceptors (Lipinski definition) is 4. The Morgan fingerprint density at radius 1 is 1.41 bits per heavy atom. The van der Waals surface area contributed by atoms with Gasteiger partial charge in [-0.2, -0.15) is 0 Å². The van der Waals surface area contributed by atoms with E-state index >= 15 is 0 Å². The van der Waals surface area contributed by atoms with Crippen molar-refractivity contribution >= 4 is 41.1 Å². The highest BCUT2D eigenvalue weighted by atomic mass is 32.7. The molecule has 0 amide bonds. The van der Waals surface area contributed by atoms with Crippen LogP contribution in [0.4, 0.5) is 5.69 Å². The summed E-state index contributed by atoms with van der Waals surface area (Å²) in [7, 11) is 3.24. The Kier molecular flexibility index (Phi) is 4.62. The van der Waals surface area contributed by atoms with Crippen molar-refractivity contribution in [2.24, 2.45) is 0 Å². The van der Waals surface area contributed by atoms with Crippen LogP contribution in [0.15, 0.2) is 30.3 Å². The molecule has 0 N–H and O–H groups in total. The first-order valence-electron chi connectivity index (χ1n) is 5.33. The lowest BCUT2D eigenvalue weighted by Crippen LogP contribution is -2.17. The maximum Gasteiger partial charge on any atom is 0.206 e. The van der Waals surface area contributed by atoms with Crippen LogP contribution in [0.25, 0.3) is 0 Å². The summed E-state index contributed by atoms with van der Waals surface area (Å²) < 4.78 is 8.96. The zero-order valence-electron chi connectivity index (χ0n) is 9.87. The fraction of sp³-hybridized carbons (Fsp3) is 0.364. The molecule has 0 radical (unpaired) electrons. The molecule has 0 aliphatic carbocycles. The summed E-state index contributed by atoms with van der Waals surface area (Å²) in [5, 5.41) is 0. The first-order chi connectivity index (χ1) is 8.18. The van der Waals surface area contributed by atoms with Crippen molar-refractivity contribution in [2.75, 3.05) is 31.9 Å². The van der Waals surface area contributed by atoms with Crippen LogP contribution >= 0.6 is 31.1 Å². The van der Waals surface area contributed by atoms with E-state index in [0.717, 1.165) is 17.5 Å². The molecular weight excluding hydrogens is 271 g/mol. The van der Waals surface area contributed by atoms with Gasteiger partial charge < -0.3 is 14.1 Å². The quantitative estimate of drug-likeness (QED) is 0.610. The third-order valence-corrected chi connectivity index (χ3v) is 7.06. The molecule has 2 rings (SSSR count). The van der Waals surface area contributed by atoms with Crippen LogP contribution in [0.2, 0.25) is 0 Å². The van der Waals surface area contributed by atoms with Crippen molar-refractivity contribution in [1.82, 2.24) is 4.90 Å². The van der Waals surface area contributed by atoms with Crippen molar-refractivity contribution in [1.29, 1.82) is 0 Å². The van der Waals surface area contributed by atoms with E-state index in [4.69, 9.17) is 16.7 Å². The maximum atomic E-state index is 5.78. The Balaban J connectivity index is 2.05. The van der Waals surface area contributed by atoms with Crippen molar-refractivity contribution in [3.05, 3.63) is 30.3 Å². The maximum absolute atomic E-state index is 5.78. The molecule has 1 aliphatic rings. The molecule has 1 aromatic rings. The molecule has 17 heavy (non-hydrogen) atoms. The number of rotatable bonds is 2. The van der Waals surface area contributed by atoms with Gasteiger partial charge in [0.05, 0.1) is 6.61 Å². The van der Waals surface area contributed by atoms with Crippen molar-refractivity contribution < 1.29 is 4.52 Å². The van der Waals surface area contributed by atoms with E-state index in [1.165, 1.54) is 5.69 Å². The van der Waals surface area contributed by atoms with Crippen LogP contribution in [-0.4, -0.2) is 36.5 Å². The zero-order chi connectivity index (χ0) is 12.3. The number of anilines is 1. The number of para-hydroxylation sites is 1. The Labute approximate surface area is 113 Å². The predicted octanol–water partition coefficient (Wildman–Crippen LogP) is 3.33. The molecule has 1 unspecified atom stereocenters. The SMILES string of the molecule is CN(C)C(=S)SP1OCCN1c1ccccc1. The van der Waals surface area contributed by atoms with Gasteiger partial charge in [-0.15, -0.1) is 0 Å². The minimum Gasteiger partial charge on any atom is -0.363 e. The Morgan fingerprint density at radius 3 is 2.76 bits per heavy atom. The first-order valence-corrected chi connectivity index (χ1v) is 8.37. The highest BCUT2D eigenvalue weighted by molar-refractivity contribution is 8.64. The molecule has 1 atom stereocenters. The van der Waals surface area contributed by atoms with Gasteiger partial charge in [0, 0.05) is 26.3 Å². The summed E-state index contributed by atoms with van der Waals surface area (Å²) in [6, 6.07) is 10.4. The molecule has 1 heterocycles. The van der Waals surface area contributed by atoms with Gasteiger partial charge in [-0.1, -0.05) is 30.4 Å². The van der Waals surface area contributed by atoms with E-state index in [0.29, 0.717) is 0 Å². The van der Waals surface area contributed by atoms with Crippen LogP contribution in [0, 0.1) is 0 Å². The fourth-order valence-corrected chi connectivity index (χ4v) is 5.47. The van der Waals surface area contributed by atoms with Gasteiger partial charge in [-0.05, 0) is 23.5 Å². The molecule has 6 heteroatoms. The topological polar surface area (TPSA) is 15.7 Å². The van der Waals surface area contributed by atoms with Crippen LogP contribution in [0.3, 0.4) is 0 Å². The van der Waals surface area contributed by atoms with Crippen LogP contribution in [0.5, 0.6) is 0 Å². The standard InChI is InChI=1S/C11H15N2OPS2/c1-12(2)11(16)17-15-13(8-9-14-15)10-6-4-3-5-7-10/h3-7H,8-9H2,1-2H3. The van der Waals surface area contributed by atoms with E-state index < -0.39 is 7.50 Å². The second kappa shape index (κ2) is 6.01. The van der Waals surface area contributed by atoms with Gasteiger partial charge in [0.25, 0.3) is 0 Å². The normalized spacial score (nSPS) is 19.4. The van der Waals surface area contributed by atoms with Gasteiger partial charge in [0.1, 0.15) is 4.32 Å². The highest BCUT2D eigenvalue weighted by Gasteiger charge is 2.28. The third-order valence-electron chi connectivity index (χ3n) is 2.28. The van der Waals surface area contributed by atoms with E-state index in [1.54, 1.807) is 11.4 Å². The first kappa shape index (κ1) is 13.1. The smallest absolute Gasteiger partial charge is 0.206 e. The summed E-state index contributed by atoms with van der Waals surface area (Å²) in [5.41, 5.74) is 1.21. The lowest BCUT2D eigenvalue weighted by molar-refractivity contribution is 0.405. The van der Waals surface area contributed by atoms with Crippen LogP contribution in [-0.2, 0) is 4.52 Å². The van der Waals surface area contributed by atoms with Gasteiger partial charge in [-0.3, -0.25) is 0 Å². The largest absolute Gasteiger partial charge is 0.363 e. The average Bonchev–Trinajstić information content (AvgIpc) is 2.78. The molecule has 1 saturated heterocycles. The second-order valence-electron chi connectivity index (χ2n) is 3.78. The predicted molar refractivity (Wildman–Crippen MR) is 80.5 cm³/mol. The molecular formula is C11H15N2OPS2. The molecule has 1 aliphatic heterocycles. The molecule has 1 fully saturated rings. The molecule has 0 bridgehead atoms. The van der Waals surface area contributed by atoms with E-state index in [2.05, 4.69) is 28.9 Å². The van der Waals surface area contributed by atoms with Gasteiger partial charge in [-0.25, -0.2) is 0 Å². The van der Waals surface area contributed by atoms with E-state index in [9.17, 15) is 0 Å². The Bertz CT molecular complexity index is 388. The van der Waals surface area contributed by atoms with Crippen LogP contribution in [0.1, 0.15) is 0 Å². The van der Waals surface area contributed by atoms with Gasteiger partial charge in [0.15, 0.2) is 0 Å². The summed E-state index contributed by atoms with van der Waals surface area (Å²) in [5.74, 6) is 0. The molecule has 0 saturated carbocycles. The molecule has 1 aromatic carbocycles. The Morgan fingerprint density at radius 2 is 2.12 bits per heavy atom. The minimum absolute atomic E-state index is 0.690. The van der Waals surface area contributed by atoms with Gasteiger partial charge in [0.2, 0.25) is 7.50 Å². The number of nitrogens with zero attached hydrogens (tertiary/aromatic N) is 2. The number of benzene rings is 1. The zero-order valence-corrected chi connectivity index (χ0v) is 12.4. The fourth-order valence-electron chi connectivity index (χ4n) is 1.40. The minimum atomic E-state index is -0.690. The highest BCUT2D eigenvalue weighted by Crippen LogP contribution is 2.59. The molecule has 3 nitrogen and oxygen atoms in total. The lowest BCUT2D eigenvalue weighted by atomic mass is 10.3. The summed E-state index contributed by atoms with van der Waals surface area (Å²) in [6.45, 7) is 1.72. The summed E-state index contributed by atoms with van der Waals surface area (Å²) in [4.78, 5) is 1.95. The third kappa shape index (κ3) is 3.32. The molecule has 0 aromatic heterocycles. The monoisotopic (exact) mass is 286 g/mol. The van der Waals surface area contributed by atoms with Crippen molar-refractivity contribution in [3.8, 4) is 0 Å². The number of hydrogen-bond donors (Lipinski definition) is 0. The van der Waals surface area contributed by atoms with Gasteiger partial charge >= 0.3 is 0 Å². The Hall–Kier alpha value is -0.350. The average molecular weight is 286 g/mol. The second-order valence-corrected chi connectivity index (χ2v) is 7.70. The summed E-state index contributed by atoms with van der Waals surface area (Å²) >= 11 is 6.96. The van der Waals surface area contributed by atoms with Crippen molar-refractivity contribution in [2.45, 2.75) is 0 Å². The van der Waals surface area contributed by atoms with E-state index in [-0.39, 0.29) is 0 Å². The molecule has 92 valence electrons. The number of thiocarbonyl (C=S) groups is 1. The van der Waals surface area contributed by atoms with E-state index in [1.807, 2.05) is 25.1 Å². The summed E-state index contributed by atoms with van der Waals surface area (Å²) in [6.07, 6.45) is 0. The van der Waals surface area contributed by atoms with Crippen LogP contribution < -0.4 is 4.67 Å². The molecule has 0 spiro atoms.